The molecule has 4 fully saturated rings. The van der Waals surface area contributed by atoms with Crippen LogP contribution in [0.25, 0.3) is 0 Å². The van der Waals surface area contributed by atoms with Gasteiger partial charge < -0.3 is 5.11 Å². The zero-order chi connectivity index (χ0) is 25.6. The number of fused-ring (bicyclic) bond motifs is 5. The van der Waals surface area contributed by atoms with Crippen molar-refractivity contribution in [2.75, 3.05) is 5.75 Å². The van der Waals surface area contributed by atoms with Crippen molar-refractivity contribution in [2.24, 2.45) is 52.3 Å². The van der Waals surface area contributed by atoms with E-state index in [4.69, 9.17) is 0 Å². The molecule has 0 amide bonds. The third-order valence-electron chi connectivity index (χ3n) is 12.0. The standard InChI is InChI=1S/C32H52N2OS/c1-22(2)8-6-9-23(3)26-12-13-27-25-11-10-24-20-32(35,21-36-29-33-18-7-19-34-29)17-16-30(24,4)28(25)14-15-31(26,27)5/h7,18-19,22-28,35H,6,8-17,20-21H2,1-5H3/t23-,24+,25?,26-,27?,28?,30+,31-,32-/m1/s1. The average Bonchev–Trinajstić information content (AvgIpc) is 3.21. The average molecular weight is 513 g/mol. The van der Waals surface area contributed by atoms with Crippen LogP contribution in [0.2, 0.25) is 0 Å². The lowest BCUT2D eigenvalue weighted by molar-refractivity contribution is -0.146. The Labute approximate surface area is 225 Å². The normalized spacial score (nSPS) is 43.0. The van der Waals surface area contributed by atoms with E-state index in [1.165, 1.54) is 64.2 Å². The third-order valence-corrected chi connectivity index (χ3v) is 13.2. The van der Waals surface area contributed by atoms with Gasteiger partial charge in [-0.2, -0.15) is 0 Å². The lowest BCUT2D eigenvalue weighted by atomic mass is 9.43. The monoisotopic (exact) mass is 512 g/mol. The van der Waals surface area contributed by atoms with Crippen molar-refractivity contribution in [3.05, 3.63) is 18.5 Å². The molecule has 202 valence electrons. The van der Waals surface area contributed by atoms with Gasteiger partial charge in [0.15, 0.2) is 5.16 Å². The predicted octanol–water partition coefficient (Wildman–Crippen LogP) is 8.42. The molecule has 0 aliphatic heterocycles. The molecule has 0 radical (unpaired) electrons. The summed E-state index contributed by atoms with van der Waals surface area (Å²) < 4.78 is 0. The first kappa shape index (κ1) is 27.0. The van der Waals surface area contributed by atoms with Crippen molar-refractivity contribution in [3.63, 3.8) is 0 Å². The van der Waals surface area contributed by atoms with Gasteiger partial charge in [0.25, 0.3) is 0 Å². The summed E-state index contributed by atoms with van der Waals surface area (Å²) in [4.78, 5) is 8.73. The highest BCUT2D eigenvalue weighted by Crippen LogP contribution is 2.69. The topological polar surface area (TPSA) is 46.0 Å². The maximum Gasteiger partial charge on any atom is 0.187 e. The highest BCUT2D eigenvalue weighted by Gasteiger charge is 2.61. The Hall–Kier alpha value is -0.610. The fourth-order valence-corrected chi connectivity index (χ4v) is 11.0. The van der Waals surface area contributed by atoms with Gasteiger partial charge >= 0.3 is 0 Å². The van der Waals surface area contributed by atoms with E-state index in [0.29, 0.717) is 16.7 Å². The second kappa shape index (κ2) is 10.5. The van der Waals surface area contributed by atoms with E-state index in [1.807, 2.05) is 6.07 Å². The molecule has 0 bridgehead atoms. The molecule has 0 aromatic carbocycles. The van der Waals surface area contributed by atoms with Crippen molar-refractivity contribution in [1.29, 1.82) is 0 Å². The Balaban J connectivity index is 1.23. The molecule has 4 heteroatoms. The quantitative estimate of drug-likeness (QED) is 0.280. The molecular weight excluding hydrogens is 460 g/mol. The van der Waals surface area contributed by atoms with Gasteiger partial charge in [0.1, 0.15) is 0 Å². The number of hydrogen-bond acceptors (Lipinski definition) is 4. The van der Waals surface area contributed by atoms with Gasteiger partial charge in [0.2, 0.25) is 0 Å². The number of rotatable bonds is 8. The van der Waals surface area contributed by atoms with Crippen LogP contribution in [0.1, 0.15) is 112 Å². The van der Waals surface area contributed by atoms with E-state index in [9.17, 15) is 5.11 Å². The molecule has 4 saturated carbocycles. The Morgan fingerprint density at radius 1 is 0.917 bits per heavy atom. The van der Waals surface area contributed by atoms with Crippen LogP contribution < -0.4 is 0 Å². The van der Waals surface area contributed by atoms with E-state index >= 15 is 0 Å². The molecule has 4 aliphatic carbocycles. The van der Waals surface area contributed by atoms with Crippen molar-refractivity contribution < 1.29 is 5.11 Å². The minimum absolute atomic E-state index is 0.422. The number of nitrogens with zero attached hydrogens (tertiary/aromatic N) is 2. The molecule has 4 aliphatic rings. The SMILES string of the molecule is CC(C)CCC[C@@H](C)[C@H]1CCC2C3CC[C@H]4C[C@@](O)(CSc5ncccn5)CC[C@]4(C)C3CC[C@@]21C. The molecular formula is C32H52N2OS. The maximum absolute atomic E-state index is 11.6. The maximum atomic E-state index is 11.6. The molecule has 1 aromatic rings. The van der Waals surface area contributed by atoms with Gasteiger partial charge in [-0.05, 0) is 116 Å². The summed E-state index contributed by atoms with van der Waals surface area (Å²) >= 11 is 1.64. The number of aliphatic hydroxyl groups is 1. The van der Waals surface area contributed by atoms with Crippen molar-refractivity contribution in [2.45, 2.75) is 122 Å². The largest absolute Gasteiger partial charge is 0.389 e. The van der Waals surface area contributed by atoms with E-state index < -0.39 is 5.60 Å². The zero-order valence-corrected chi connectivity index (χ0v) is 24.5. The van der Waals surface area contributed by atoms with Crippen molar-refractivity contribution >= 4 is 11.8 Å². The summed E-state index contributed by atoms with van der Waals surface area (Å²) in [7, 11) is 0. The second-order valence-electron chi connectivity index (χ2n) is 14.4. The molecule has 5 rings (SSSR count). The first-order valence-corrected chi connectivity index (χ1v) is 16.3. The van der Waals surface area contributed by atoms with Gasteiger partial charge in [-0.25, -0.2) is 9.97 Å². The van der Waals surface area contributed by atoms with E-state index in [0.717, 1.165) is 59.3 Å². The van der Waals surface area contributed by atoms with Gasteiger partial charge in [0, 0.05) is 18.1 Å². The van der Waals surface area contributed by atoms with Crippen LogP contribution in [0.4, 0.5) is 0 Å². The van der Waals surface area contributed by atoms with E-state index in [1.54, 1.807) is 24.2 Å². The minimum Gasteiger partial charge on any atom is -0.389 e. The predicted molar refractivity (Wildman–Crippen MR) is 151 cm³/mol. The highest BCUT2D eigenvalue weighted by atomic mass is 32.2. The Morgan fingerprint density at radius 3 is 2.42 bits per heavy atom. The third kappa shape index (κ3) is 5.04. The highest BCUT2D eigenvalue weighted by molar-refractivity contribution is 7.99. The van der Waals surface area contributed by atoms with Crippen LogP contribution in [-0.2, 0) is 0 Å². The van der Waals surface area contributed by atoms with Gasteiger partial charge in [0.05, 0.1) is 5.60 Å². The lowest BCUT2D eigenvalue weighted by Crippen LogP contribution is -2.56. The summed E-state index contributed by atoms with van der Waals surface area (Å²) in [5, 5.41) is 12.4. The van der Waals surface area contributed by atoms with Crippen molar-refractivity contribution in [1.82, 2.24) is 9.97 Å². The summed E-state index contributed by atoms with van der Waals surface area (Å²) in [6, 6.07) is 1.86. The summed E-state index contributed by atoms with van der Waals surface area (Å²) in [6.45, 7) is 12.7. The first-order chi connectivity index (χ1) is 17.1. The molecule has 1 aromatic heterocycles. The fourth-order valence-electron chi connectivity index (χ4n) is 10.0. The summed E-state index contributed by atoms with van der Waals surface area (Å²) in [5.41, 5.74) is 0.433. The molecule has 36 heavy (non-hydrogen) atoms. The lowest BCUT2D eigenvalue weighted by Gasteiger charge is -2.62. The molecule has 9 atom stereocenters. The molecule has 0 saturated heterocycles. The molecule has 0 spiro atoms. The minimum atomic E-state index is -0.562. The van der Waals surface area contributed by atoms with Gasteiger partial charge in [-0.3, -0.25) is 0 Å². The summed E-state index contributed by atoms with van der Waals surface area (Å²) in [6.07, 6.45) is 19.5. The number of thioether (sulfide) groups is 1. The van der Waals surface area contributed by atoms with Crippen LogP contribution in [0.15, 0.2) is 23.6 Å². The van der Waals surface area contributed by atoms with E-state index in [2.05, 4.69) is 44.6 Å². The Bertz CT molecular complexity index is 878. The Kier molecular flexibility index (Phi) is 7.88. The van der Waals surface area contributed by atoms with Gasteiger partial charge in [-0.15, -0.1) is 0 Å². The molecule has 1 N–H and O–H groups in total. The second-order valence-corrected chi connectivity index (χ2v) is 15.4. The molecule has 3 unspecified atom stereocenters. The number of aromatic nitrogens is 2. The van der Waals surface area contributed by atoms with Crippen LogP contribution in [0, 0.1) is 52.3 Å². The molecule has 1 heterocycles. The van der Waals surface area contributed by atoms with Crippen LogP contribution in [0.3, 0.4) is 0 Å². The summed E-state index contributed by atoms with van der Waals surface area (Å²) in [5.74, 6) is 6.82. The Morgan fingerprint density at radius 2 is 1.67 bits per heavy atom. The first-order valence-electron chi connectivity index (χ1n) is 15.3. The van der Waals surface area contributed by atoms with Crippen molar-refractivity contribution in [3.8, 4) is 0 Å². The smallest absolute Gasteiger partial charge is 0.187 e. The number of hydrogen-bond donors (Lipinski definition) is 1. The van der Waals surface area contributed by atoms with Crippen LogP contribution in [0.5, 0.6) is 0 Å². The van der Waals surface area contributed by atoms with Crippen LogP contribution in [-0.4, -0.2) is 26.4 Å². The van der Waals surface area contributed by atoms with Gasteiger partial charge in [-0.1, -0.05) is 65.6 Å². The fraction of sp³-hybridized carbons (Fsp3) is 0.875. The van der Waals surface area contributed by atoms with E-state index in [-0.39, 0.29) is 0 Å². The molecule has 3 nitrogen and oxygen atoms in total. The van der Waals surface area contributed by atoms with Crippen LogP contribution >= 0.6 is 11.8 Å². The zero-order valence-electron chi connectivity index (χ0n) is 23.7.